The second kappa shape index (κ2) is 8.40. The number of esters is 1. The third-order valence-electron chi connectivity index (χ3n) is 1.61. The van der Waals surface area contributed by atoms with Crippen molar-refractivity contribution in [3.05, 3.63) is 0 Å². The van der Waals surface area contributed by atoms with Crippen molar-refractivity contribution in [3.8, 4) is 0 Å². The Hall–Kier alpha value is 0.0900. The minimum Gasteiger partial charge on any atom is -0.433 e. The van der Waals surface area contributed by atoms with Crippen LogP contribution in [-0.4, -0.2) is 27.9 Å². The minimum atomic E-state index is -1.33. The largest absolute Gasteiger partial charge is 0.433 e. The average Bonchev–Trinajstić information content (AvgIpc) is 2.16. The molecule has 0 aliphatic heterocycles. The van der Waals surface area contributed by atoms with Crippen molar-refractivity contribution in [2.24, 2.45) is 0 Å². The molecular formula is C8H16O4S2. The van der Waals surface area contributed by atoms with Gasteiger partial charge in [-0.05, 0) is 6.42 Å². The number of aliphatic hydroxyl groups excluding tert-OH is 2. The van der Waals surface area contributed by atoms with E-state index in [1.807, 2.05) is 6.92 Å². The number of unbranched alkanes of at least 4 members (excludes halogenated alkanes) is 2. The van der Waals surface area contributed by atoms with Crippen molar-refractivity contribution in [2.45, 2.75) is 44.3 Å². The lowest BCUT2D eigenvalue weighted by Gasteiger charge is -2.13. The van der Waals surface area contributed by atoms with Gasteiger partial charge in [-0.15, -0.1) is 11.7 Å². The number of hydrogen-bond acceptors (Lipinski definition) is 6. The molecular weight excluding hydrogens is 224 g/mol. The first-order valence-corrected chi connectivity index (χ1v) is 6.41. The van der Waals surface area contributed by atoms with E-state index >= 15 is 0 Å². The number of hydrogen-bond donors (Lipinski definition) is 3. The SMILES string of the molecule is CCCCCC(O)OC(=O)C(O)SS. The van der Waals surface area contributed by atoms with E-state index in [2.05, 4.69) is 16.4 Å². The fourth-order valence-electron chi connectivity index (χ4n) is 0.863. The van der Waals surface area contributed by atoms with E-state index in [9.17, 15) is 9.90 Å². The molecule has 2 N–H and O–H groups in total. The number of rotatable bonds is 7. The molecule has 0 aromatic rings. The van der Waals surface area contributed by atoms with E-state index in [0.29, 0.717) is 17.2 Å². The summed E-state index contributed by atoms with van der Waals surface area (Å²) in [4.78, 5) is 10.9. The van der Waals surface area contributed by atoms with Crippen LogP contribution in [0.3, 0.4) is 0 Å². The first-order chi connectivity index (χ1) is 6.61. The van der Waals surface area contributed by atoms with E-state index in [-0.39, 0.29) is 0 Å². The summed E-state index contributed by atoms with van der Waals surface area (Å²) in [7, 11) is 0.668. The zero-order valence-electron chi connectivity index (χ0n) is 8.05. The number of aliphatic hydroxyl groups is 2. The van der Waals surface area contributed by atoms with Crippen LogP contribution in [0.5, 0.6) is 0 Å². The molecule has 4 nitrogen and oxygen atoms in total. The lowest BCUT2D eigenvalue weighted by atomic mass is 10.2. The zero-order valence-corrected chi connectivity index (χ0v) is 9.76. The first-order valence-electron chi connectivity index (χ1n) is 4.48. The highest BCUT2D eigenvalue weighted by molar-refractivity contribution is 8.69. The van der Waals surface area contributed by atoms with Crippen LogP contribution in [0.1, 0.15) is 32.6 Å². The number of carbonyl (C=O) groups excluding carboxylic acids is 1. The number of thiol groups is 1. The molecule has 6 heteroatoms. The Bertz CT molecular complexity index is 165. The summed E-state index contributed by atoms with van der Waals surface area (Å²) in [6, 6.07) is 0. The maximum Gasteiger partial charge on any atom is 0.348 e. The van der Waals surface area contributed by atoms with Crippen LogP contribution in [0.15, 0.2) is 0 Å². The van der Waals surface area contributed by atoms with Crippen molar-refractivity contribution in [1.82, 2.24) is 0 Å². The van der Waals surface area contributed by atoms with Gasteiger partial charge < -0.3 is 14.9 Å². The minimum absolute atomic E-state index is 0.406. The fraction of sp³-hybridized carbons (Fsp3) is 0.875. The molecule has 0 spiro atoms. The lowest BCUT2D eigenvalue weighted by molar-refractivity contribution is -0.173. The van der Waals surface area contributed by atoms with Crippen molar-refractivity contribution in [1.29, 1.82) is 0 Å². The molecule has 0 amide bonds. The number of carbonyl (C=O) groups is 1. The van der Waals surface area contributed by atoms with Crippen molar-refractivity contribution in [3.63, 3.8) is 0 Å². The molecule has 0 aromatic heterocycles. The molecule has 2 unspecified atom stereocenters. The van der Waals surface area contributed by atoms with E-state index in [1.165, 1.54) is 0 Å². The fourth-order valence-corrected chi connectivity index (χ4v) is 1.26. The summed E-state index contributed by atoms with van der Waals surface area (Å²) in [5.74, 6) is -0.853. The Kier molecular flexibility index (Phi) is 8.46. The van der Waals surface area contributed by atoms with E-state index in [0.717, 1.165) is 19.3 Å². The third-order valence-corrected chi connectivity index (χ3v) is 2.60. The Morgan fingerprint density at radius 3 is 2.64 bits per heavy atom. The summed E-state index contributed by atoms with van der Waals surface area (Å²) < 4.78 is 4.55. The average molecular weight is 240 g/mol. The molecule has 0 radical (unpaired) electrons. The van der Waals surface area contributed by atoms with Crippen LogP contribution < -0.4 is 0 Å². The Labute approximate surface area is 92.8 Å². The smallest absolute Gasteiger partial charge is 0.348 e. The number of ether oxygens (including phenoxy) is 1. The van der Waals surface area contributed by atoms with Crippen molar-refractivity contribution in [2.75, 3.05) is 0 Å². The second-order valence-corrected chi connectivity index (χ2v) is 4.13. The first kappa shape index (κ1) is 14.1. The molecule has 0 bridgehead atoms. The van der Waals surface area contributed by atoms with Crippen molar-refractivity contribution < 1.29 is 19.7 Å². The maximum absolute atomic E-state index is 10.9. The molecule has 14 heavy (non-hydrogen) atoms. The third kappa shape index (κ3) is 6.53. The highest BCUT2D eigenvalue weighted by atomic mass is 33.1. The Balaban J connectivity index is 3.60. The summed E-state index contributed by atoms with van der Waals surface area (Å²) in [5.41, 5.74) is -1.33. The standard InChI is InChI=1S/C8H16O4S2/c1-2-3-4-5-6(9)12-7(10)8(11)14-13/h6,8-9,11,13H,2-5H2,1H3. The van der Waals surface area contributed by atoms with Gasteiger partial charge in [-0.2, -0.15) is 0 Å². The molecule has 0 fully saturated rings. The van der Waals surface area contributed by atoms with Crippen LogP contribution in [0.25, 0.3) is 0 Å². The molecule has 0 heterocycles. The molecule has 0 aliphatic rings. The van der Waals surface area contributed by atoms with Gasteiger partial charge in [-0.3, -0.25) is 0 Å². The normalized spacial score (nSPS) is 14.9. The second-order valence-electron chi connectivity index (χ2n) is 2.85. The van der Waals surface area contributed by atoms with Gasteiger partial charge in [0.15, 0.2) is 0 Å². The van der Waals surface area contributed by atoms with Crippen LogP contribution >= 0.6 is 22.5 Å². The molecule has 0 aliphatic carbocycles. The lowest BCUT2D eigenvalue weighted by Crippen LogP contribution is -2.25. The van der Waals surface area contributed by atoms with Gasteiger partial charge in [0, 0.05) is 6.42 Å². The molecule has 0 saturated carbocycles. The maximum atomic E-state index is 10.9. The highest BCUT2D eigenvalue weighted by Crippen LogP contribution is 2.14. The summed E-state index contributed by atoms with van der Waals surface area (Å²) >= 11 is 3.65. The summed E-state index contributed by atoms with van der Waals surface area (Å²) in [6.07, 6.45) is 2.11. The van der Waals surface area contributed by atoms with E-state index in [4.69, 9.17) is 5.11 Å². The van der Waals surface area contributed by atoms with Crippen LogP contribution in [0, 0.1) is 0 Å². The van der Waals surface area contributed by atoms with Gasteiger partial charge >= 0.3 is 5.97 Å². The Morgan fingerprint density at radius 1 is 1.50 bits per heavy atom. The molecule has 0 aromatic carbocycles. The molecule has 84 valence electrons. The summed E-state index contributed by atoms with van der Waals surface area (Å²) in [6.45, 7) is 2.04. The quantitative estimate of drug-likeness (QED) is 0.206. The zero-order chi connectivity index (χ0) is 11.0. The predicted molar refractivity (Wildman–Crippen MR) is 58.8 cm³/mol. The van der Waals surface area contributed by atoms with Gasteiger partial charge in [0.1, 0.15) is 0 Å². The van der Waals surface area contributed by atoms with E-state index in [1.54, 1.807) is 0 Å². The van der Waals surface area contributed by atoms with Gasteiger partial charge in [0.05, 0.1) is 0 Å². The Morgan fingerprint density at radius 2 is 2.14 bits per heavy atom. The molecule has 0 saturated heterocycles. The highest BCUT2D eigenvalue weighted by Gasteiger charge is 2.19. The van der Waals surface area contributed by atoms with E-state index < -0.39 is 17.7 Å². The van der Waals surface area contributed by atoms with Crippen LogP contribution in [0.2, 0.25) is 0 Å². The van der Waals surface area contributed by atoms with Gasteiger partial charge in [-0.1, -0.05) is 30.6 Å². The van der Waals surface area contributed by atoms with Gasteiger partial charge in [-0.25, -0.2) is 4.79 Å². The van der Waals surface area contributed by atoms with Crippen molar-refractivity contribution >= 4 is 28.4 Å². The van der Waals surface area contributed by atoms with Crippen LogP contribution in [0.4, 0.5) is 0 Å². The topological polar surface area (TPSA) is 66.8 Å². The molecule has 0 rings (SSSR count). The predicted octanol–water partition coefficient (Wildman–Crippen LogP) is 1.32. The molecule has 2 atom stereocenters. The van der Waals surface area contributed by atoms with Crippen LogP contribution in [-0.2, 0) is 9.53 Å². The summed E-state index contributed by atoms with van der Waals surface area (Å²) in [5, 5.41) is 18.2. The van der Waals surface area contributed by atoms with Gasteiger partial charge in [0.25, 0.3) is 0 Å². The van der Waals surface area contributed by atoms with Gasteiger partial charge in [0.2, 0.25) is 11.7 Å². The monoisotopic (exact) mass is 240 g/mol.